The molecule has 0 amide bonds. The lowest BCUT2D eigenvalue weighted by Crippen LogP contribution is -2.11. The monoisotopic (exact) mass is 320 g/mol. The van der Waals surface area contributed by atoms with E-state index in [1.807, 2.05) is 36.4 Å². The van der Waals surface area contributed by atoms with Crippen LogP contribution in [0.4, 0.5) is 0 Å². The zero-order valence-corrected chi connectivity index (χ0v) is 12.4. The zero-order chi connectivity index (χ0) is 13.7. The van der Waals surface area contributed by atoms with E-state index in [9.17, 15) is 0 Å². The first-order chi connectivity index (χ1) is 9.20. The normalized spacial score (nSPS) is 12.2. The number of pyridine rings is 1. The highest BCUT2D eigenvalue weighted by molar-refractivity contribution is 9.10. The molecule has 1 aromatic heterocycles. The van der Waals surface area contributed by atoms with Crippen molar-refractivity contribution >= 4 is 15.9 Å². The molecule has 19 heavy (non-hydrogen) atoms. The lowest BCUT2D eigenvalue weighted by atomic mass is 10.0. The van der Waals surface area contributed by atoms with Gasteiger partial charge in [-0.15, -0.1) is 0 Å². The average molecular weight is 321 g/mol. The highest BCUT2D eigenvalue weighted by atomic mass is 79.9. The fourth-order valence-electron chi connectivity index (χ4n) is 1.78. The van der Waals surface area contributed by atoms with Gasteiger partial charge in [-0.3, -0.25) is 4.98 Å². The van der Waals surface area contributed by atoms with Gasteiger partial charge in [0.25, 0.3) is 0 Å². The first-order valence-corrected chi connectivity index (χ1v) is 7.07. The summed E-state index contributed by atoms with van der Waals surface area (Å²) in [6, 6.07) is 11.8. The summed E-state index contributed by atoms with van der Waals surface area (Å²) in [4.78, 5) is 4.28. The quantitative estimate of drug-likeness (QED) is 0.910. The van der Waals surface area contributed by atoms with Crippen LogP contribution in [0.3, 0.4) is 0 Å². The van der Waals surface area contributed by atoms with Crippen LogP contribution >= 0.6 is 15.9 Å². The molecule has 2 aromatic rings. The molecule has 0 aliphatic rings. The molecule has 100 valence electrons. The number of ether oxygens (including phenoxy) is 1. The molecule has 1 heterocycles. The number of hydrogen-bond donors (Lipinski definition) is 1. The Kier molecular flexibility index (Phi) is 4.93. The molecule has 0 spiro atoms. The smallest absolute Gasteiger partial charge is 0.130 e. The Morgan fingerprint density at radius 2 is 2.05 bits per heavy atom. The van der Waals surface area contributed by atoms with Crippen LogP contribution in [-0.2, 0) is 6.61 Å². The van der Waals surface area contributed by atoms with Gasteiger partial charge in [-0.05, 0) is 40.5 Å². The van der Waals surface area contributed by atoms with Crippen LogP contribution in [0.25, 0.3) is 0 Å². The van der Waals surface area contributed by atoms with Crippen molar-refractivity contribution < 1.29 is 4.74 Å². The minimum atomic E-state index is 0.00840. The van der Waals surface area contributed by atoms with Gasteiger partial charge in [-0.2, -0.15) is 0 Å². The van der Waals surface area contributed by atoms with E-state index < -0.39 is 0 Å². The first-order valence-electron chi connectivity index (χ1n) is 6.28. The first kappa shape index (κ1) is 14.0. The van der Waals surface area contributed by atoms with Gasteiger partial charge in [0.05, 0.1) is 5.69 Å². The highest BCUT2D eigenvalue weighted by Gasteiger charge is 2.09. The summed E-state index contributed by atoms with van der Waals surface area (Å²) in [6.07, 6.45) is 2.65. The predicted molar refractivity (Wildman–Crippen MR) is 79.9 cm³/mol. The van der Waals surface area contributed by atoms with Crippen molar-refractivity contribution in [2.24, 2.45) is 5.73 Å². The molecular formula is C15H17BrN2O. The standard InChI is InChI=1S/C15H17BrN2O/c1-2-14(17)13-5-3-4-6-15(13)19-10-12-8-7-11(16)9-18-12/h3-9,14H,2,10,17H2,1H3/t14-/m0/s1. The van der Waals surface area contributed by atoms with Gasteiger partial charge in [-0.1, -0.05) is 25.1 Å². The van der Waals surface area contributed by atoms with Crippen molar-refractivity contribution in [2.45, 2.75) is 26.0 Å². The summed E-state index contributed by atoms with van der Waals surface area (Å²) in [5.41, 5.74) is 8.02. The van der Waals surface area contributed by atoms with E-state index in [0.717, 1.165) is 27.9 Å². The summed E-state index contributed by atoms with van der Waals surface area (Å²) in [5.74, 6) is 0.835. The molecule has 0 fully saturated rings. The third-order valence-electron chi connectivity index (χ3n) is 2.92. The van der Waals surface area contributed by atoms with Crippen LogP contribution in [0.15, 0.2) is 47.1 Å². The Labute approximate surface area is 121 Å². The largest absolute Gasteiger partial charge is 0.487 e. The Hall–Kier alpha value is -1.39. The Balaban J connectivity index is 2.09. The van der Waals surface area contributed by atoms with E-state index >= 15 is 0 Å². The van der Waals surface area contributed by atoms with Crippen LogP contribution < -0.4 is 10.5 Å². The molecule has 0 aliphatic carbocycles. The van der Waals surface area contributed by atoms with Crippen molar-refractivity contribution in [3.05, 3.63) is 58.3 Å². The highest BCUT2D eigenvalue weighted by Crippen LogP contribution is 2.26. The summed E-state index contributed by atoms with van der Waals surface area (Å²) < 4.78 is 6.79. The van der Waals surface area contributed by atoms with Gasteiger partial charge in [0.2, 0.25) is 0 Å². The third kappa shape index (κ3) is 3.78. The molecule has 0 saturated carbocycles. The maximum atomic E-state index is 6.08. The topological polar surface area (TPSA) is 48.1 Å². The number of para-hydroxylation sites is 1. The van der Waals surface area contributed by atoms with Crippen molar-refractivity contribution in [1.82, 2.24) is 4.98 Å². The number of rotatable bonds is 5. The van der Waals surface area contributed by atoms with E-state index in [4.69, 9.17) is 10.5 Å². The summed E-state index contributed by atoms with van der Waals surface area (Å²) >= 11 is 3.36. The number of benzene rings is 1. The Morgan fingerprint density at radius 3 is 2.74 bits per heavy atom. The summed E-state index contributed by atoms with van der Waals surface area (Å²) in [5, 5.41) is 0. The average Bonchev–Trinajstić information content (AvgIpc) is 2.46. The van der Waals surface area contributed by atoms with Gasteiger partial charge in [0.15, 0.2) is 0 Å². The van der Waals surface area contributed by atoms with E-state index in [1.165, 1.54) is 0 Å². The van der Waals surface area contributed by atoms with Crippen LogP contribution in [0.5, 0.6) is 5.75 Å². The second-order valence-electron chi connectivity index (χ2n) is 4.31. The lowest BCUT2D eigenvalue weighted by Gasteiger charge is -2.15. The molecular weight excluding hydrogens is 304 g/mol. The second kappa shape index (κ2) is 6.68. The molecule has 2 N–H and O–H groups in total. The zero-order valence-electron chi connectivity index (χ0n) is 10.8. The molecule has 3 nitrogen and oxygen atoms in total. The predicted octanol–water partition coefficient (Wildman–Crippen LogP) is 3.83. The van der Waals surface area contributed by atoms with Gasteiger partial charge < -0.3 is 10.5 Å². The Bertz CT molecular complexity index is 528. The summed E-state index contributed by atoms with van der Waals surface area (Å²) in [6.45, 7) is 2.51. The minimum Gasteiger partial charge on any atom is -0.487 e. The number of halogens is 1. The molecule has 0 bridgehead atoms. The van der Waals surface area contributed by atoms with Crippen LogP contribution in [0.1, 0.15) is 30.6 Å². The number of nitrogens with zero attached hydrogens (tertiary/aromatic N) is 1. The van der Waals surface area contributed by atoms with Crippen LogP contribution in [-0.4, -0.2) is 4.98 Å². The van der Waals surface area contributed by atoms with Crippen molar-refractivity contribution in [1.29, 1.82) is 0 Å². The van der Waals surface area contributed by atoms with Crippen molar-refractivity contribution in [3.8, 4) is 5.75 Å². The van der Waals surface area contributed by atoms with Gasteiger partial charge in [0, 0.05) is 22.3 Å². The molecule has 0 unspecified atom stereocenters. The van der Waals surface area contributed by atoms with Gasteiger partial charge in [-0.25, -0.2) is 0 Å². The van der Waals surface area contributed by atoms with Crippen LogP contribution in [0, 0.1) is 0 Å². The summed E-state index contributed by atoms with van der Waals surface area (Å²) in [7, 11) is 0. The van der Waals surface area contributed by atoms with Gasteiger partial charge >= 0.3 is 0 Å². The second-order valence-corrected chi connectivity index (χ2v) is 5.22. The fourth-order valence-corrected chi connectivity index (χ4v) is 2.02. The van der Waals surface area contributed by atoms with E-state index in [-0.39, 0.29) is 6.04 Å². The molecule has 1 aromatic carbocycles. The fraction of sp³-hybridized carbons (Fsp3) is 0.267. The SMILES string of the molecule is CC[C@H](N)c1ccccc1OCc1ccc(Br)cn1. The third-order valence-corrected chi connectivity index (χ3v) is 3.39. The van der Waals surface area contributed by atoms with Crippen molar-refractivity contribution in [3.63, 3.8) is 0 Å². The number of hydrogen-bond acceptors (Lipinski definition) is 3. The molecule has 2 rings (SSSR count). The Morgan fingerprint density at radius 1 is 1.26 bits per heavy atom. The molecule has 0 radical (unpaired) electrons. The molecule has 0 aliphatic heterocycles. The van der Waals surface area contributed by atoms with E-state index in [2.05, 4.69) is 27.8 Å². The maximum absolute atomic E-state index is 6.08. The van der Waals surface area contributed by atoms with Crippen LogP contribution in [0.2, 0.25) is 0 Å². The molecule has 0 saturated heterocycles. The van der Waals surface area contributed by atoms with Crippen molar-refractivity contribution in [2.75, 3.05) is 0 Å². The maximum Gasteiger partial charge on any atom is 0.130 e. The van der Waals surface area contributed by atoms with E-state index in [1.54, 1.807) is 6.20 Å². The molecule has 1 atom stereocenters. The molecule has 4 heteroatoms. The number of aromatic nitrogens is 1. The van der Waals surface area contributed by atoms with Gasteiger partial charge in [0.1, 0.15) is 12.4 Å². The lowest BCUT2D eigenvalue weighted by molar-refractivity contribution is 0.296. The number of nitrogens with two attached hydrogens (primary N) is 1. The minimum absolute atomic E-state index is 0.00840. The van der Waals surface area contributed by atoms with E-state index in [0.29, 0.717) is 6.61 Å².